The molecule has 6 nitrogen and oxygen atoms in total. The van der Waals surface area contributed by atoms with Gasteiger partial charge in [-0.25, -0.2) is 13.6 Å². The molecule has 0 aliphatic rings. The minimum Gasteiger partial charge on any atom is -0.330 e. The van der Waals surface area contributed by atoms with E-state index in [1.54, 1.807) is 0 Å². The summed E-state index contributed by atoms with van der Waals surface area (Å²) in [5.41, 5.74) is 5.55. The third-order valence-corrected chi connectivity index (χ3v) is 3.64. The minimum absolute atomic E-state index is 0.103. The Bertz CT molecular complexity index is 560. The van der Waals surface area contributed by atoms with Crippen LogP contribution in [0.1, 0.15) is 19.3 Å². The number of sulfonamides is 1. The zero-order valence-corrected chi connectivity index (χ0v) is 11.8. The third kappa shape index (κ3) is 5.15. The van der Waals surface area contributed by atoms with Crippen LogP contribution >= 0.6 is 11.6 Å². The third-order valence-electron chi connectivity index (χ3n) is 2.40. The highest BCUT2D eigenvalue weighted by atomic mass is 35.5. The standard InChI is InChI=1S/C11H16ClN3O3S/c12-9-5-4-8(19(14,17)18)7-10(9)15-11(16)3-1-2-6-13/h4-5,7H,1-3,6,13H2,(H,15,16)(H2,14,17,18). The van der Waals surface area contributed by atoms with Crippen molar-refractivity contribution in [1.82, 2.24) is 0 Å². The van der Waals surface area contributed by atoms with Crippen LogP contribution in [0.2, 0.25) is 5.02 Å². The van der Waals surface area contributed by atoms with E-state index in [0.29, 0.717) is 19.4 Å². The predicted molar refractivity (Wildman–Crippen MR) is 74.4 cm³/mol. The Hall–Kier alpha value is -1.15. The Morgan fingerprint density at radius 3 is 2.58 bits per heavy atom. The molecule has 8 heteroatoms. The maximum atomic E-state index is 11.6. The first-order chi connectivity index (χ1) is 8.84. The summed E-state index contributed by atoms with van der Waals surface area (Å²) in [6.45, 7) is 0.523. The largest absolute Gasteiger partial charge is 0.330 e. The Morgan fingerprint density at radius 2 is 2.00 bits per heavy atom. The molecule has 0 atom stereocenters. The van der Waals surface area contributed by atoms with Crippen molar-refractivity contribution in [2.45, 2.75) is 24.2 Å². The zero-order valence-electron chi connectivity index (χ0n) is 10.2. The van der Waals surface area contributed by atoms with Crippen LogP contribution < -0.4 is 16.2 Å². The Labute approximate surface area is 117 Å². The van der Waals surface area contributed by atoms with Crippen LogP contribution in [0.25, 0.3) is 0 Å². The summed E-state index contributed by atoms with van der Waals surface area (Å²) in [5.74, 6) is -0.248. The number of nitrogens with two attached hydrogens (primary N) is 2. The van der Waals surface area contributed by atoms with Crippen LogP contribution in [0.5, 0.6) is 0 Å². The lowest BCUT2D eigenvalue weighted by atomic mass is 10.2. The van der Waals surface area contributed by atoms with Gasteiger partial charge in [-0.05, 0) is 37.6 Å². The van der Waals surface area contributed by atoms with Gasteiger partial charge >= 0.3 is 0 Å². The molecule has 1 aromatic carbocycles. The molecule has 0 spiro atoms. The van der Waals surface area contributed by atoms with Crippen molar-refractivity contribution in [3.8, 4) is 0 Å². The Morgan fingerprint density at radius 1 is 1.32 bits per heavy atom. The SMILES string of the molecule is NCCCCC(=O)Nc1cc(S(N)(=O)=O)ccc1Cl. The van der Waals surface area contributed by atoms with Crippen LogP contribution in [0, 0.1) is 0 Å². The van der Waals surface area contributed by atoms with Gasteiger partial charge in [0.2, 0.25) is 15.9 Å². The molecule has 0 saturated carbocycles. The van der Waals surface area contributed by atoms with Gasteiger partial charge < -0.3 is 11.1 Å². The molecule has 0 unspecified atom stereocenters. The van der Waals surface area contributed by atoms with E-state index in [2.05, 4.69) is 5.32 Å². The molecule has 0 aliphatic carbocycles. The number of unbranched alkanes of at least 4 members (excludes halogenated alkanes) is 1. The molecule has 0 fully saturated rings. The molecule has 106 valence electrons. The van der Waals surface area contributed by atoms with E-state index >= 15 is 0 Å². The number of benzene rings is 1. The van der Waals surface area contributed by atoms with E-state index in [9.17, 15) is 13.2 Å². The van der Waals surface area contributed by atoms with Gasteiger partial charge in [-0.15, -0.1) is 0 Å². The topological polar surface area (TPSA) is 115 Å². The number of carbonyl (C=O) groups excluding carboxylic acids is 1. The lowest BCUT2D eigenvalue weighted by molar-refractivity contribution is -0.116. The Kier molecular flexibility index (Phi) is 5.74. The lowest BCUT2D eigenvalue weighted by Crippen LogP contribution is -2.15. The molecule has 0 aliphatic heterocycles. The second kappa shape index (κ2) is 6.85. The summed E-state index contributed by atoms with van der Waals surface area (Å²) < 4.78 is 22.4. The fraction of sp³-hybridized carbons (Fsp3) is 0.364. The minimum atomic E-state index is -3.83. The maximum absolute atomic E-state index is 11.6. The number of carbonyl (C=O) groups is 1. The van der Waals surface area contributed by atoms with Crippen molar-refractivity contribution < 1.29 is 13.2 Å². The highest BCUT2D eigenvalue weighted by Gasteiger charge is 2.12. The van der Waals surface area contributed by atoms with Gasteiger partial charge in [0.1, 0.15) is 0 Å². The highest BCUT2D eigenvalue weighted by molar-refractivity contribution is 7.89. The van der Waals surface area contributed by atoms with Crippen LogP contribution in [0.15, 0.2) is 23.1 Å². The normalized spacial score (nSPS) is 11.3. The fourth-order valence-corrected chi connectivity index (χ4v) is 2.12. The van der Waals surface area contributed by atoms with Crippen molar-refractivity contribution in [2.75, 3.05) is 11.9 Å². The predicted octanol–water partition coefficient (Wildman–Crippen LogP) is 1.05. The molecule has 0 bridgehead atoms. The van der Waals surface area contributed by atoms with Crippen LogP contribution in [0.3, 0.4) is 0 Å². The summed E-state index contributed by atoms with van der Waals surface area (Å²) in [7, 11) is -3.83. The smallest absolute Gasteiger partial charge is 0.238 e. The van der Waals surface area contributed by atoms with Crippen molar-refractivity contribution >= 4 is 33.2 Å². The second-order valence-electron chi connectivity index (χ2n) is 3.98. The molecule has 1 rings (SSSR count). The molecular formula is C11H16ClN3O3S. The van der Waals surface area contributed by atoms with E-state index in [1.165, 1.54) is 18.2 Å². The van der Waals surface area contributed by atoms with Crippen molar-refractivity contribution in [1.29, 1.82) is 0 Å². The Balaban J connectivity index is 2.80. The second-order valence-corrected chi connectivity index (χ2v) is 5.95. The van der Waals surface area contributed by atoms with Crippen LogP contribution in [0.4, 0.5) is 5.69 Å². The summed E-state index contributed by atoms with van der Waals surface area (Å²) >= 11 is 5.88. The molecule has 0 radical (unpaired) electrons. The zero-order chi connectivity index (χ0) is 14.5. The number of hydrogen-bond acceptors (Lipinski definition) is 4. The van der Waals surface area contributed by atoms with E-state index in [-0.39, 0.29) is 21.5 Å². The average Bonchev–Trinajstić information content (AvgIpc) is 2.31. The van der Waals surface area contributed by atoms with Crippen molar-refractivity contribution in [3.63, 3.8) is 0 Å². The van der Waals surface area contributed by atoms with Crippen LogP contribution in [-0.4, -0.2) is 20.9 Å². The molecule has 0 heterocycles. The van der Waals surface area contributed by atoms with Crippen molar-refractivity contribution in [2.24, 2.45) is 10.9 Å². The number of nitrogens with one attached hydrogen (secondary N) is 1. The highest BCUT2D eigenvalue weighted by Crippen LogP contribution is 2.25. The number of amides is 1. The van der Waals surface area contributed by atoms with Gasteiger partial charge in [-0.1, -0.05) is 11.6 Å². The number of rotatable bonds is 6. The summed E-state index contributed by atoms with van der Waals surface area (Å²) in [6.07, 6.45) is 1.71. The molecule has 0 aromatic heterocycles. The maximum Gasteiger partial charge on any atom is 0.238 e. The number of primary sulfonamides is 1. The van der Waals surface area contributed by atoms with E-state index in [0.717, 1.165) is 6.42 Å². The van der Waals surface area contributed by atoms with Crippen molar-refractivity contribution in [3.05, 3.63) is 23.2 Å². The first-order valence-corrected chi connectivity index (χ1v) is 7.59. The summed E-state index contributed by atoms with van der Waals surface area (Å²) in [4.78, 5) is 11.5. The summed E-state index contributed by atoms with van der Waals surface area (Å²) in [6, 6.07) is 3.89. The van der Waals surface area contributed by atoms with Crippen LogP contribution in [-0.2, 0) is 14.8 Å². The molecule has 5 N–H and O–H groups in total. The number of hydrogen-bond donors (Lipinski definition) is 3. The van der Waals surface area contributed by atoms with Gasteiger partial charge in [0, 0.05) is 6.42 Å². The number of halogens is 1. The fourth-order valence-electron chi connectivity index (χ4n) is 1.42. The van der Waals surface area contributed by atoms with Gasteiger partial charge in [0.25, 0.3) is 0 Å². The molecule has 1 amide bonds. The van der Waals surface area contributed by atoms with E-state index in [4.69, 9.17) is 22.5 Å². The van der Waals surface area contributed by atoms with E-state index in [1.807, 2.05) is 0 Å². The van der Waals surface area contributed by atoms with Gasteiger partial charge in [-0.3, -0.25) is 4.79 Å². The number of anilines is 1. The lowest BCUT2D eigenvalue weighted by Gasteiger charge is -2.08. The average molecular weight is 306 g/mol. The summed E-state index contributed by atoms with van der Waals surface area (Å²) in [5, 5.41) is 7.81. The molecule has 1 aromatic rings. The van der Waals surface area contributed by atoms with E-state index < -0.39 is 10.0 Å². The molecule has 0 saturated heterocycles. The first kappa shape index (κ1) is 15.9. The van der Waals surface area contributed by atoms with Gasteiger partial charge in [-0.2, -0.15) is 0 Å². The molecular weight excluding hydrogens is 290 g/mol. The first-order valence-electron chi connectivity index (χ1n) is 5.67. The van der Waals surface area contributed by atoms with Gasteiger partial charge in [0.15, 0.2) is 0 Å². The monoisotopic (exact) mass is 305 g/mol. The van der Waals surface area contributed by atoms with Gasteiger partial charge in [0.05, 0.1) is 15.6 Å². The molecule has 19 heavy (non-hydrogen) atoms. The quantitative estimate of drug-likeness (QED) is 0.681.